The van der Waals surface area contributed by atoms with Crippen molar-refractivity contribution in [2.45, 2.75) is 4.90 Å². The summed E-state index contributed by atoms with van der Waals surface area (Å²) in [5.74, 6) is -0.224. The maximum Gasteiger partial charge on any atom is 0.277 e. The summed E-state index contributed by atoms with van der Waals surface area (Å²) in [4.78, 5) is 11.7. The van der Waals surface area contributed by atoms with Crippen LogP contribution in [0.4, 0.5) is 5.69 Å². The quantitative estimate of drug-likeness (QED) is 0.844. The number of sulfonamides is 1. The minimum Gasteiger partial charge on any atom is -0.495 e. The lowest BCUT2D eigenvalue weighted by atomic mass is 10.3. The molecule has 0 aliphatic rings. The van der Waals surface area contributed by atoms with Crippen molar-refractivity contribution in [3.8, 4) is 5.75 Å². The smallest absolute Gasteiger partial charge is 0.277 e. The molecule has 0 saturated carbocycles. The molecule has 1 heterocycles. The van der Waals surface area contributed by atoms with E-state index >= 15 is 0 Å². The normalized spacial score (nSPS) is 11.1. The second kappa shape index (κ2) is 5.53. The van der Waals surface area contributed by atoms with Crippen LogP contribution in [0, 0.1) is 0 Å². The summed E-state index contributed by atoms with van der Waals surface area (Å²) in [7, 11) is -2.48. The van der Waals surface area contributed by atoms with E-state index in [9.17, 15) is 13.2 Å². The lowest BCUT2D eigenvalue weighted by Gasteiger charge is -2.10. The maximum absolute atomic E-state index is 11.9. The van der Waals surface area contributed by atoms with Crippen molar-refractivity contribution in [3.63, 3.8) is 0 Å². The van der Waals surface area contributed by atoms with Gasteiger partial charge in [0.05, 0.1) is 17.7 Å². The van der Waals surface area contributed by atoms with Gasteiger partial charge in [0, 0.05) is 5.38 Å². The molecule has 0 unspecified atom stereocenters. The first-order valence-corrected chi connectivity index (χ1v) is 7.59. The van der Waals surface area contributed by atoms with Gasteiger partial charge in [-0.15, -0.1) is 5.10 Å². The van der Waals surface area contributed by atoms with Crippen LogP contribution in [0.15, 0.2) is 28.5 Å². The number of nitrogens with zero attached hydrogens (tertiary/aromatic N) is 2. The first kappa shape index (κ1) is 14.4. The van der Waals surface area contributed by atoms with Gasteiger partial charge in [0.1, 0.15) is 5.75 Å². The van der Waals surface area contributed by atoms with Gasteiger partial charge in [-0.05, 0) is 29.7 Å². The average Bonchev–Trinajstić information content (AvgIpc) is 2.91. The maximum atomic E-state index is 11.9. The number of benzene rings is 1. The van der Waals surface area contributed by atoms with E-state index in [1.807, 2.05) is 0 Å². The van der Waals surface area contributed by atoms with E-state index in [1.165, 1.54) is 30.7 Å². The second-order valence-electron chi connectivity index (χ2n) is 3.65. The Hall–Kier alpha value is -2.04. The van der Waals surface area contributed by atoms with Gasteiger partial charge in [-0.25, -0.2) is 13.6 Å². The molecule has 8 nitrogen and oxygen atoms in total. The Labute approximate surface area is 118 Å². The van der Waals surface area contributed by atoms with Gasteiger partial charge in [0.2, 0.25) is 10.0 Å². The van der Waals surface area contributed by atoms with Gasteiger partial charge < -0.3 is 10.1 Å². The molecule has 0 aliphatic carbocycles. The van der Waals surface area contributed by atoms with E-state index in [4.69, 9.17) is 9.88 Å². The molecule has 2 rings (SSSR count). The summed E-state index contributed by atoms with van der Waals surface area (Å²) in [6, 6.07) is 3.90. The van der Waals surface area contributed by atoms with Gasteiger partial charge in [-0.3, -0.25) is 4.79 Å². The third kappa shape index (κ3) is 3.10. The average molecular weight is 314 g/mol. The Morgan fingerprint density at radius 1 is 1.45 bits per heavy atom. The molecular weight excluding hydrogens is 304 g/mol. The standard InChI is InChI=1S/C10H10N4O4S2/c1-18-9-3-2-6(20(11,16)17)4-7(9)12-10(15)8-5-19-14-13-8/h2-5H,1H3,(H,12,15)(H2,11,16,17). The van der Waals surface area contributed by atoms with Crippen LogP contribution in [0.25, 0.3) is 0 Å². The fraction of sp³-hybridized carbons (Fsp3) is 0.100. The number of nitrogens with two attached hydrogens (primary N) is 1. The number of carbonyl (C=O) groups is 1. The molecule has 2 aromatic rings. The minimum absolute atomic E-state index is 0.123. The van der Waals surface area contributed by atoms with Gasteiger partial charge in [0.15, 0.2) is 5.69 Å². The number of primary sulfonamides is 1. The van der Waals surface area contributed by atoms with Crippen LogP contribution in [0.2, 0.25) is 0 Å². The summed E-state index contributed by atoms with van der Waals surface area (Å²) >= 11 is 1.03. The van der Waals surface area contributed by atoms with E-state index in [-0.39, 0.29) is 16.3 Å². The number of hydrogen-bond donors (Lipinski definition) is 2. The molecule has 0 fully saturated rings. The van der Waals surface area contributed by atoms with Crippen LogP contribution in [0.5, 0.6) is 5.75 Å². The van der Waals surface area contributed by atoms with Crippen LogP contribution < -0.4 is 15.2 Å². The van der Waals surface area contributed by atoms with Gasteiger partial charge in [0.25, 0.3) is 5.91 Å². The summed E-state index contributed by atoms with van der Waals surface area (Å²) in [6.07, 6.45) is 0. The fourth-order valence-electron chi connectivity index (χ4n) is 1.41. The molecule has 3 N–H and O–H groups in total. The highest BCUT2D eigenvalue weighted by Crippen LogP contribution is 2.27. The van der Waals surface area contributed by atoms with E-state index < -0.39 is 15.9 Å². The Balaban J connectivity index is 2.37. The van der Waals surface area contributed by atoms with Crippen molar-refractivity contribution in [3.05, 3.63) is 29.3 Å². The molecule has 1 amide bonds. The summed E-state index contributed by atoms with van der Waals surface area (Å²) in [6.45, 7) is 0. The third-order valence-electron chi connectivity index (χ3n) is 2.34. The number of nitrogens with one attached hydrogen (secondary N) is 1. The molecule has 0 bridgehead atoms. The lowest BCUT2D eigenvalue weighted by Crippen LogP contribution is -2.15. The molecule has 0 atom stereocenters. The number of anilines is 1. The Morgan fingerprint density at radius 3 is 2.75 bits per heavy atom. The predicted molar refractivity (Wildman–Crippen MR) is 72.2 cm³/mol. The molecule has 0 saturated heterocycles. The van der Waals surface area contributed by atoms with E-state index in [0.29, 0.717) is 5.75 Å². The first-order chi connectivity index (χ1) is 9.41. The van der Waals surface area contributed by atoms with Crippen LogP contribution in [0.3, 0.4) is 0 Å². The third-order valence-corrected chi connectivity index (χ3v) is 3.76. The highest BCUT2D eigenvalue weighted by molar-refractivity contribution is 7.89. The van der Waals surface area contributed by atoms with Crippen LogP contribution in [0.1, 0.15) is 10.5 Å². The summed E-state index contributed by atoms with van der Waals surface area (Å²) in [5, 5.41) is 12.6. The number of hydrogen-bond acceptors (Lipinski definition) is 7. The van der Waals surface area contributed by atoms with Crippen molar-refractivity contribution in [1.29, 1.82) is 0 Å². The number of aromatic nitrogens is 2. The van der Waals surface area contributed by atoms with Gasteiger partial charge in [-0.2, -0.15) is 0 Å². The molecule has 0 aliphatic heterocycles. The Morgan fingerprint density at radius 2 is 2.20 bits per heavy atom. The van der Waals surface area contributed by atoms with Crippen molar-refractivity contribution in [2.75, 3.05) is 12.4 Å². The lowest BCUT2D eigenvalue weighted by molar-refractivity contribution is 0.102. The molecule has 0 radical (unpaired) electrons. The molecule has 10 heteroatoms. The van der Waals surface area contributed by atoms with Crippen molar-refractivity contribution < 1.29 is 17.9 Å². The number of carbonyl (C=O) groups excluding carboxylic acids is 1. The molecule has 1 aromatic carbocycles. The number of ether oxygens (including phenoxy) is 1. The van der Waals surface area contributed by atoms with Crippen LogP contribution in [-0.4, -0.2) is 31.0 Å². The number of amides is 1. The van der Waals surface area contributed by atoms with Gasteiger partial charge in [-0.1, -0.05) is 4.49 Å². The number of rotatable bonds is 4. The SMILES string of the molecule is COc1ccc(S(N)(=O)=O)cc1NC(=O)c1csnn1. The summed E-state index contributed by atoms with van der Waals surface area (Å²) < 4.78 is 31.2. The largest absolute Gasteiger partial charge is 0.495 e. The number of methoxy groups -OCH3 is 1. The molecule has 1 aromatic heterocycles. The molecule has 0 spiro atoms. The van der Waals surface area contributed by atoms with Crippen molar-refractivity contribution in [2.24, 2.45) is 5.14 Å². The zero-order chi connectivity index (χ0) is 14.8. The molecular formula is C10H10N4O4S2. The van der Waals surface area contributed by atoms with Crippen LogP contribution >= 0.6 is 11.5 Å². The van der Waals surface area contributed by atoms with Crippen LogP contribution in [-0.2, 0) is 10.0 Å². The molecule has 20 heavy (non-hydrogen) atoms. The summed E-state index contributed by atoms with van der Waals surface area (Å²) in [5.41, 5.74) is 0.301. The highest BCUT2D eigenvalue weighted by atomic mass is 32.2. The van der Waals surface area contributed by atoms with Crippen molar-refractivity contribution in [1.82, 2.24) is 9.59 Å². The first-order valence-electron chi connectivity index (χ1n) is 5.21. The van der Waals surface area contributed by atoms with Gasteiger partial charge >= 0.3 is 0 Å². The Kier molecular flexibility index (Phi) is 3.97. The minimum atomic E-state index is -3.87. The molecule has 106 valence electrons. The monoisotopic (exact) mass is 314 g/mol. The van der Waals surface area contributed by atoms with E-state index in [2.05, 4.69) is 14.9 Å². The van der Waals surface area contributed by atoms with E-state index in [1.54, 1.807) is 0 Å². The highest BCUT2D eigenvalue weighted by Gasteiger charge is 2.15. The fourth-order valence-corrected chi connectivity index (χ4v) is 2.39. The zero-order valence-electron chi connectivity index (χ0n) is 10.2. The van der Waals surface area contributed by atoms with Crippen molar-refractivity contribution >= 4 is 33.2 Å². The topological polar surface area (TPSA) is 124 Å². The second-order valence-corrected chi connectivity index (χ2v) is 5.82. The zero-order valence-corrected chi connectivity index (χ0v) is 11.9. The predicted octanol–water partition coefficient (Wildman–Crippen LogP) is 0.446. The van der Waals surface area contributed by atoms with E-state index in [0.717, 1.165) is 11.5 Å². The Bertz CT molecular complexity index is 728.